The quantitative estimate of drug-likeness (QED) is 0.771. The molecule has 0 spiro atoms. The van der Waals surface area contributed by atoms with E-state index in [-0.39, 0.29) is 17.2 Å². The van der Waals surface area contributed by atoms with E-state index in [0.29, 0.717) is 4.91 Å². The van der Waals surface area contributed by atoms with E-state index in [2.05, 4.69) is 15.9 Å². The molecule has 0 bridgehead atoms. The monoisotopic (exact) mass is 339 g/mol. The first kappa shape index (κ1) is 14.3. The molecule has 0 unspecified atom stereocenters. The van der Waals surface area contributed by atoms with Crippen molar-refractivity contribution < 1.29 is 9.59 Å². The van der Waals surface area contributed by atoms with Crippen LogP contribution in [-0.4, -0.2) is 22.1 Å². The summed E-state index contributed by atoms with van der Waals surface area (Å²) in [4.78, 5) is 25.9. The Morgan fingerprint density at radius 1 is 1.37 bits per heavy atom. The highest BCUT2D eigenvalue weighted by molar-refractivity contribution is 9.10. The van der Waals surface area contributed by atoms with Gasteiger partial charge in [0.25, 0.3) is 11.1 Å². The number of hydrogen-bond donors (Lipinski definition) is 0. The van der Waals surface area contributed by atoms with Gasteiger partial charge in [0.1, 0.15) is 0 Å². The van der Waals surface area contributed by atoms with Gasteiger partial charge in [-0.1, -0.05) is 41.1 Å². The molecule has 5 heteroatoms. The molecule has 2 rings (SSSR count). The molecule has 0 radical (unpaired) electrons. The molecule has 1 aromatic carbocycles. The minimum absolute atomic E-state index is 0.0578. The second-order valence-corrected chi connectivity index (χ2v) is 6.18. The van der Waals surface area contributed by atoms with Crippen LogP contribution in [0.15, 0.2) is 33.6 Å². The molecule has 3 nitrogen and oxygen atoms in total. The fourth-order valence-corrected chi connectivity index (χ4v) is 3.10. The molecule has 1 aromatic rings. The molecule has 100 valence electrons. The van der Waals surface area contributed by atoms with Gasteiger partial charge in [-0.2, -0.15) is 0 Å². The number of nitrogens with zero attached hydrogens (tertiary/aromatic N) is 1. The lowest BCUT2D eigenvalue weighted by Gasteiger charge is -2.19. The van der Waals surface area contributed by atoms with Crippen molar-refractivity contribution in [2.24, 2.45) is 0 Å². The minimum atomic E-state index is -0.194. The zero-order valence-electron chi connectivity index (χ0n) is 10.7. The highest BCUT2D eigenvalue weighted by Gasteiger charge is 2.37. The largest absolute Gasteiger partial charge is 0.293 e. The molecule has 1 heterocycles. The summed E-state index contributed by atoms with van der Waals surface area (Å²) in [6, 6.07) is 7.56. The molecule has 2 amide bonds. The van der Waals surface area contributed by atoms with Gasteiger partial charge in [-0.3, -0.25) is 14.5 Å². The minimum Gasteiger partial charge on any atom is -0.268 e. The first-order valence-corrected chi connectivity index (χ1v) is 7.67. The molecule has 0 aliphatic carbocycles. The second kappa shape index (κ2) is 5.92. The predicted molar refractivity (Wildman–Crippen MR) is 81.7 cm³/mol. The number of carbonyl (C=O) groups excluding carboxylic acids is 2. The van der Waals surface area contributed by atoms with E-state index in [4.69, 9.17) is 0 Å². The molecule has 1 aliphatic rings. The van der Waals surface area contributed by atoms with Crippen molar-refractivity contribution in [3.8, 4) is 0 Å². The number of amides is 2. The number of carbonyl (C=O) groups is 2. The zero-order chi connectivity index (χ0) is 14.0. The van der Waals surface area contributed by atoms with Crippen LogP contribution in [0, 0.1) is 0 Å². The van der Waals surface area contributed by atoms with Crippen molar-refractivity contribution in [2.75, 3.05) is 0 Å². The maximum absolute atomic E-state index is 12.2. The van der Waals surface area contributed by atoms with Crippen LogP contribution in [0.4, 0.5) is 4.79 Å². The molecule has 0 N–H and O–H groups in total. The van der Waals surface area contributed by atoms with Gasteiger partial charge >= 0.3 is 0 Å². The lowest BCUT2D eigenvalue weighted by atomic mass is 10.2. The number of thioether (sulfide) groups is 1. The van der Waals surface area contributed by atoms with Gasteiger partial charge in [0.15, 0.2) is 0 Å². The van der Waals surface area contributed by atoms with Crippen molar-refractivity contribution in [2.45, 2.75) is 26.3 Å². The van der Waals surface area contributed by atoms with E-state index in [1.165, 1.54) is 4.90 Å². The predicted octanol–water partition coefficient (Wildman–Crippen LogP) is 4.28. The third-order valence-corrected chi connectivity index (χ3v) is 4.65. The lowest BCUT2D eigenvalue weighted by Crippen LogP contribution is -2.36. The van der Waals surface area contributed by atoms with E-state index in [0.717, 1.165) is 28.2 Å². The van der Waals surface area contributed by atoms with E-state index in [1.807, 2.05) is 38.1 Å². The van der Waals surface area contributed by atoms with Gasteiger partial charge in [-0.05, 0) is 42.8 Å². The fraction of sp³-hybridized carbons (Fsp3) is 0.286. The first-order chi connectivity index (χ1) is 9.04. The van der Waals surface area contributed by atoms with Gasteiger partial charge in [0.05, 0.1) is 4.91 Å². The molecule has 1 aliphatic heterocycles. The van der Waals surface area contributed by atoms with Gasteiger partial charge in [-0.25, -0.2) is 0 Å². The average molecular weight is 340 g/mol. The van der Waals surface area contributed by atoms with Gasteiger partial charge in [0, 0.05) is 10.5 Å². The zero-order valence-corrected chi connectivity index (χ0v) is 13.1. The van der Waals surface area contributed by atoms with E-state index in [1.54, 1.807) is 6.08 Å². The SMILES string of the molecule is CC[C@H](C)N1C(=O)S/C(=C\c2ccccc2Br)C1=O. The summed E-state index contributed by atoms with van der Waals surface area (Å²) in [5.41, 5.74) is 0.900. The first-order valence-electron chi connectivity index (χ1n) is 6.06. The Labute approximate surface area is 125 Å². The third kappa shape index (κ3) is 2.92. The topological polar surface area (TPSA) is 37.4 Å². The summed E-state index contributed by atoms with van der Waals surface area (Å²) in [6.07, 6.45) is 2.53. The summed E-state index contributed by atoms with van der Waals surface area (Å²) in [6.45, 7) is 3.85. The van der Waals surface area contributed by atoms with Crippen LogP contribution in [0.3, 0.4) is 0 Å². The van der Waals surface area contributed by atoms with Crippen LogP contribution < -0.4 is 0 Å². The van der Waals surface area contributed by atoms with Crippen LogP contribution >= 0.6 is 27.7 Å². The molecule has 0 aromatic heterocycles. The Morgan fingerprint density at radius 3 is 2.68 bits per heavy atom. The highest BCUT2D eigenvalue weighted by Crippen LogP contribution is 2.35. The molecule has 1 fully saturated rings. The van der Waals surface area contributed by atoms with Crippen molar-refractivity contribution in [3.63, 3.8) is 0 Å². The van der Waals surface area contributed by atoms with Crippen molar-refractivity contribution in [1.29, 1.82) is 0 Å². The summed E-state index contributed by atoms with van der Waals surface area (Å²) in [5, 5.41) is -0.183. The number of halogens is 1. The number of hydrogen-bond acceptors (Lipinski definition) is 3. The molecule has 0 saturated carbocycles. The van der Waals surface area contributed by atoms with Crippen LogP contribution in [0.5, 0.6) is 0 Å². The number of benzene rings is 1. The van der Waals surface area contributed by atoms with Crippen molar-refractivity contribution in [3.05, 3.63) is 39.2 Å². The summed E-state index contributed by atoms with van der Waals surface area (Å²) in [7, 11) is 0. The van der Waals surface area contributed by atoms with Crippen LogP contribution in [0.1, 0.15) is 25.8 Å². The Hall–Kier alpha value is -1.07. The smallest absolute Gasteiger partial charge is 0.268 e. The Balaban J connectivity index is 2.31. The van der Waals surface area contributed by atoms with Gasteiger partial charge in [0.2, 0.25) is 0 Å². The molecule has 1 saturated heterocycles. The van der Waals surface area contributed by atoms with Gasteiger partial charge < -0.3 is 0 Å². The van der Waals surface area contributed by atoms with E-state index < -0.39 is 0 Å². The van der Waals surface area contributed by atoms with Crippen LogP contribution in [0.2, 0.25) is 0 Å². The molecule has 19 heavy (non-hydrogen) atoms. The van der Waals surface area contributed by atoms with E-state index in [9.17, 15) is 9.59 Å². The Kier molecular flexibility index (Phi) is 4.47. The Morgan fingerprint density at radius 2 is 2.05 bits per heavy atom. The number of imide groups is 1. The molecular weight excluding hydrogens is 326 g/mol. The summed E-state index contributed by atoms with van der Waals surface area (Å²) < 4.78 is 0.908. The van der Waals surface area contributed by atoms with Crippen molar-refractivity contribution >= 4 is 44.9 Å². The van der Waals surface area contributed by atoms with Crippen LogP contribution in [-0.2, 0) is 4.79 Å². The highest BCUT2D eigenvalue weighted by atomic mass is 79.9. The summed E-state index contributed by atoms with van der Waals surface area (Å²) in [5.74, 6) is -0.194. The average Bonchev–Trinajstić information content (AvgIpc) is 2.66. The lowest BCUT2D eigenvalue weighted by molar-refractivity contribution is -0.124. The van der Waals surface area contributed by atoms with Crippen molar-refractivity contribution in [1.82, 2.24) is 4.90 Å². The molecular formula is C14H14BrNO2S. The number of rotatable bonds is 3. The Bertz CT molecular complexity index is 556. The third-order valence-electron chi connectivity index (χ3n) is 3.05. The van der Waals surface area contributed by atoms with E-state index >= 15 is 0 Å². The maximum atomic E-state index is 12.2. The standard InChI is InChI=1S/C14H14BrNO2S/c1-3-9(2)16-13(17)12(19-14(16)18)8-10-6-4-5-7-11(10)15/h4-9H,3H2,1-2H3/b12-8-/t9-/m0/s1. The summed E-state index contributed by atoms with van der Waals surface area (Å²) >= 11 is 4.44. The second-order valence-electron chi connectivity index (χ2n) is 4.33. The fourth-order valence-electron chi connectivity index (χ4n) is 1.78. The maximum Gasteiger partial charge on any atom is 0.293 e. The van der Waals surface area contributed by atoms with Crippen LogP contribution in [0.25, 0.3) is 6.08 Å². The normalized spacial score (nSPS) is 19.3. The van der Waals surface area contributed by atoms with Gasteiger partial charge in [-0.15, -0.1) is 0 Å². The molecule has 1 atom stereocenters.